The van der Waals surface area contributed by atoms with Gasteiger partial charge in [0.15, 0.2) is 0 Å². The van der Waals surface area contributed by atoms with E-state index in [1.54, 1.807) is 0 Å². The molecule has 2 heteroatoms. The second kappa shape index (κ2) is 3.32. The molecule has 0 aromatic carbocycles. The Morgan fingerprint density at radius 1 is 1.36 bits per heavy atom. The Labute approximate surface area is 74.9 Å². The average Bonchev–Trinajstić information content (AvgIpc) is 1.85. The lowest BCUT2D eigenvalue weighted by molar-refractivity contribution is -0.140. The maximum atomic E-state index is 5.77. The molecule has 0 bridgehead atoms. The smallest absolute Gasteiger partial charge is 0.0685 e. The van der Waals surface area contributed by atoms with Crippen molar-refractivity contribution >= 4 is 12.4 Å². The van der Waals surface area contributed by atoms with Crippen LogP contribution in [0.1, 0.15) is 39.0 Å². The monoisotopic (exact) mass is 176 g/mol. The Balaban J connectivity index is 0.000000605. The number of ether oxygens (including phenoxy) is 1. The molecule has 0 amide bonds. The molecule has 0 aromatic heterocycles. The first-order chi connectivity index (χ1) is 4.81. The van der Waals surface area contributed by atoms with Crippen molar-refractivity contribution in [1.82, 2.24) is 0 Å². The molecule has 1 aliphatic heterocycles. The topological polar surface area (TPSA) is 9.23 Å². The van der Waals surface area contributed by atoms with Crippen molar-refractivity contribution in [2.75, 3.05) is 6.61 Å². The summed E-state index contributed by atoms with van der Waals surface area (Å²) >= 11 is 0. The van der Waals surface area contributed by atoms with Gasteiger partial charge in [-0.2, -0.15) is 0 Å². The normalized spacial score (nSPS) is 34.1. The van der Waals surface area contributed by atoms with Crippen LogP contribution in [0, 0.1) is 5.92 Å². The lowest BCUT2D eigenvalue weighted by Crippen LogP contribution is -2.44. The third-order valence-corrected chi connectivity index (χ3v) is 3.00. The molecule has 2 aliphatic rings. The SMILES string of the molecule is CC1CCOC2(CCC2)C1.Cl. The zero-order chi connectivity index (χ0) is 7.03. The molecule has 11 heavy (non-hydrogen) atoms. The molecule has 1 saturated carbocycles. The third kappa shape index (κ3) is 1.70. The van der Waals surface area contributed by atoms with Crippen LogP contribution in [0.3, 0.4) is 0 Å². The summed E-state index contributed by atoms with van der Waals surface area (Å²) in [6.45, 7) is 3.36. The van der Waals surface area contributed by atoms with Gasteiger partial charge in [0.2, 0.25) is 0 Å². The molecule has 1 saturated heterocycles. The van der Waals surface area contributed by atoms with E-state index >= 15 is 0 Å². The van der Waals surface area contributed by atoms with E-state index in [-0.39, 0.29) is 12.4 Å². The second-order valence-electron chi connectivity index (χ2n) is 3.98. The quantitative estimate of drug-likeness (QED) is 0.552. The molecular formula is C9H17ClO. The molecular weight excluding hydrogens is 160 g/mol. The maximum Gasteiger partial charge on any atom is 0.0685 e. The Morgan fingerprint density at radius 2 is 2.09 bits per heavy atom. The Bertz CT molecular complexity index is 132. The fraction of sp³-hybridized carbons (Fsp3) is 1.00. The molecule has 0 radical (unpaired) electrons. The summed E-state index contributed by atoms with van der Waals surface area (Å²) < 4.78 is 5.77. The lowest BCUT2D eigenvalue weighted by atomic mass is 9.72. The van der Waals surface area contributed by atoms with Gasteiger partial charge < -0.3 is 4.74 Å². The van der Waals surface area contributed by atoms with Crippen LogP contribution in [-0.4, -0.2) is 12.2 Å². The van der Waals surface area contributed by atoms with Gasteiger partial charge in [-0.05, 0) is 38.0 Å². The summed E-state index contributed by atoms with van der Waals surface area (Å²) in [5.41, 5.74) is 0.373. The second-order valence-corrected chi connectivity index (χ2v) is 3.98. The highest BCUT2D eigenvalue weighted by Crippen LogP contribution is 2.43. The van der Waals surface area contributed by atoms with Gasteiger partial charge in [0.25, 0.3) is 0 Å². The largest absolute Gasteiger partial charge is 0.375 e. The van der Waals surface area contributed by atoms with Gasteiger partial charge in [-0.1, -0.05) is 6.92 Å². The van der Waals surface area contributed by atoms with Gasteiger partial charge in [0, 0.05) is 6.61 Å². The molecule has 66 valence electrons. The van der Waals surface area contributed by atoms with Crippen LogP contribution in [-0.2, 0) is 4.74 Å². The Morgan fingerprint density at radius 3 is 2.45 bits per heavy atom. The maximum absolute atomic E-state index is 5.77. The van der Waals surface area contributed by atoms with E-state index in [9.17, 15) is 0 Å². The van der Waals surface area contributed by atoms with Crippen molar-refractivity contribution in [2.45, 2.75) is 44.6 Å². The number of rotatable bonds is 0. The van der Waals surface area contributed by atoms with E-state index in [0.717, 1.165) is 12.5 Å². The number of halogens is 1. The highest BCUT2D eigenvalue weighted by Gasteiger charge is 2.41. The molecule has 1 heterocycles. The van der Waals surface area contributed by atoms with Crippen molar-refractivity contribution in [1.29, 1.82) is 0 Å². The zero-order valence-corrected chi connectivity index (χ0v) is 7.95. The minimum atomic E-state index is 0. The van der Waals surface area contributed by atoms with E-state index < -0.39 is 0 Å². The van der Waals surface area contributed by atoms with Crippen molar-refractivity contribution in [3.63, 3.8) is 0 Å². The van der Waals surface area contributed by atoms with Gasteiger partial charge in [-0.25, -0.2) is 0 Å². The lowest BCUT2D eigenvalue weighted by Gasteiger charge is -2.46. The molecule has 1 atom stereocenters. The van der Waals surface area contributed by atoms with Crippen LogP contribution >= 0.6 is 12.4 Å². The predicted octanol–water partition coefficient (Wildman–Crippen LogP) is 2.78. The van der Waals surface area contributed by atoms with Crippen LogP contribution < -0.4 is 0 Å². The van der Waals surface area contributed by atoms with Gasteiger partial charge in [-0.3, -0.25) is 0 Å². The van der Waals surface area contributed by atoms with Gasteiger partial charge in [0.05, 0.1) is 5.60 Å². The Kier molecular flexibility index (Phi) is 2.82. The first-order valence-corrected chi connectivity index (χ1v) is 4.45. The average molecular weight is 177 g/mol. The summed E-state index contributed by atoms with van der Waals surface area (Å²) in [5.74, 6) is 0.911. The van der Waals surface area contributed by atoms with E-state index in [0.29, 0.717) is 5.60 Å². The first kappa shape index (κ1) is 9.34. The van der Waals surface area contributed by atoms with E-state index in [4.69, 9.17) is 4.74 Å². The summed E-state index contributed by atoms with van der Waals surface area (Å²) in [6, 6.07) is 0. The summed E-state index contributed by atoms with van der Waals surface area (Å²) in [5, 5.41) is 0. The fourth-order valence-electron chi connectivity index (χ4n) is 2.19. The van der Waals surface area contributed by atoms with Gasteiger partial charge in [0.1, 0.15) is 0 Å². The van der Waals surface area contributed by atoms with Gasteiger partial charge in [-0.15, -0.1) is 12.4 Å². The molecule has 2 rings (SSSR count). The summed E-state index contributed by atoms with van der Waals surface area (Å²) in [6.07, 6.45) is 6.66. The minimum Gasteiger partial charge on any atom is -0.375 e. The van der Waals surface area contributed by atoms with E-state index in [2.05, 4.69) is 6.92 Å². The number of hydrogen-bond acceptors (Lipinski definition) is 1. The minimum absolute atomic E-state index is 0. The van der Waals surface area contributed by atoms with E-state index in [1.165, 1.54) is 32.1 Å². The standard InChI is InChI=1S/C9H16O.ClH/c1-8-3-6-10-9(7-8)4-2-5-9;/h8H,2-7H2,1H3;1H. The van der Waals surface area contributed by atoms with Crippen LogP contribution in [0.15, 0.2) is 0 Å². The first-order valence-electron chi connectivity index (χ1n) is 4.45. The summed E-state index contributed by atoms with van der Waals surface area (Å²) in [4.78, 5) is 0. The highest BCUT2D eigenvalue weighted by molar-refractivity contribution is 5.85. The van der Waals surface area contributed by atoms with Crippen molar-refractivity contribution < 1.29 is 4.74 Å². The van der Waals surface area contributed by atoms with Crippen LogP contribution in [0.25, 0.3) is 0 Å². The molecule has 1 nitrogen and oxygen atoms in total. The fourth-order valence-corrected chi connectivity index (χ4v) is 2.19. The molecule has 1 unspecified atom stereocenters. The molecule has 0 aromatic rings. The van der Waals surface area contributed by atoms with E-state index in [1.807, 2.05) is 0 Å². The number of hydrogen-bond donors (Lipinski definition) is 0. The molecule has 2 fully saturated rings. The van der Waals surface area contributed by atoms with Crippen LogP contribution in [0.4, 0.5) is 0 Å². The van der Waals surface area contributed by atoms with Crippen molar-refractivity contribution in [3.05, 3.63) is 0 Å². The van der Waals surface area contributed by atoms with Crippen LogP contribution in [0.2, 0.25) is 0 Å². The molecule has 0 N–H and O–H groups in total. The zero-order valence-electron chi connectivity index (χ0n) is 7.14. The summed E-state index contributed by atoms with van der Waals surface area (Å²) in [7, 11) is 0. The molecule has 1 aliphatic carbocycles. The predicted molar refractivity (Wildman–Crippen MR) is 48.2 cm³/mol. The third-order valence-electron chi connectivity index (χ3n) is 3.00. The highest BCUT2D eigenvalue weighted by atomic mass is 35.5. The van der Waals surface area contributed by atoms with Gasteiger partial charge >= 0.3 is 0 Å². The Hall–Kier alpha value is 0.250. The van der Waals surface area contributed by atoms with Crippen LogP contribution in [0.5, 0.6) is 0 Å². The van der Waals surface area contributed by atoms with Crippen molar-refractivity contribution in [2.24, 2.45) is 5.92 Å². The molecule has 1 spiro atoms. The van der Waals surface area contributed by atoms with Crippen molar-refractivity contribution in [3.8, 4) is 0 Å².